The number of piperidine rings is 1. The van der Waals surface area contributed by atoms with Gasteiger partial charge in [-0.05, 0) is 72.9 Å². The molecule has 21 heavy (non-hydrogen) atoms. The summed E-state index contributed by atoms with van der Waals surface area (Å²) in [7, 11) is 1.96. The third-order valence-corrected chi connectivity index (χ3v) is 5.90. The van der Waals surface area contributed by atoms with Crippen LogP contribution < -0.4 is 5.32 Å². The van der Waals surface area contributed by atoms with Crippen molar-refractivity contribution in [3.05, 3.63) is 32.9 Å². The Balaban J connectivity index is 0.00000161. The van der Waals surface area contributed by atoms with Crippen LogP contribution in [-0.2, 0) is 0 Å². The molecule has 2 fully saturated rings. The fourth-order valence-corrected chi connectivity index (χ4v) is 3.95. The van der Waals surface area contributed by atoms with Gasteiger partial charge in [-0.3, -0.25) is 4.79 Å². The maximum absolute atomic E-state index is 12.6. The Labute approximate surface area is 146 Å². The Bertz CT molecular complexity index is 525. The monoisotopic (exact) mass is 420 g/mol. The molecule has 116 valence electrons. The van der Waals surface area contributed by atoms with Crippen molar-refractivity contribution >= 4 is 40.9 Å². The zero-order valence-electron chi connectivity index (χ0n) is 12.4. The Morgan fingerprint density at radius 1 is 1.29 bits per heavy atom. The SMILES string of the molecule is Cc1ccc(C(=O)N(C)C2CC3CCC(C2)N3)cc1I.Cl. The average Bonchev–Trinajstić information content (AvgIpc) is 2.79. The fraction of sp³-hybridized carbons (Fsp3) is 0.562. The molecule has 1 aromatic rings. The van der Waals surface area contributed by atoms with E-state index in [0.717, 1.165) is 22.0 Å². The summed E-state index contributed by atoms with van der Waals surface area (Å²) in [5, 5.41) is 3.63. The molecule has 0 saturated carbocycles. The highest BCUT2D eigenvalue weighted by molar-refractivity contribution is 14.1. The van der Waals surface area contributed by atoms with Crippen LogP contribution in [0, 0.1) is 10.5 Å². The minimum absolute atomic E-state index is 0. The third kappa shape index (κ3) is 3.54. The first kappa shape index (κ1) is 17.0. The minimum atomic E-state index is 0. The van der Waals surface area contributed by atoms with Crippen LogP contribution in [0.1, 0.15) is 41.6 Å². The lowest BCUT2D eigenvalue weighted by atomic mass is 9.98. The van der Waals surface area contributed by atoms with Crippen LogP contribution in [0.4, 0.5) is 0 Å². The molecule has 2 saturated heterocycles. The van der Waals surface area contributed by atoms with Gasteiger partial charge in [-0.1, -0.05) is 6.07 Å². The van der Waals surface area contributed by atoms with Gasteiger partial charge in [0.25, 0.3) is 5.91 Å². The summed E-state index contributed by atoms with van der Waals surface area (Å²) in [6, 6.07) is 7.62. The predicted octanol–water partition coefficient (Wildman–Crippen LogP) is 3.38. The molecule has 1 amide bonds. The zero-order valence-corrected chi connectivity index (χ0v) is 15.4. The topological polar surface area (TPSA) is 32.3 Å². The standard InChI is InChI=1S/C16H21IN2O.ClH/c1-10-3-4-11(7-15(10)17)16(20)19(2)14-8-12-5-6-13(9-14)18-12;/h3-4,7,12-14,18H,5-6,8-9H2,1-2H3;1H. The van der Waals surface area contributed by atoms with E-state index in [1.54, 1.807) is 0 Å². The van der Waals surface area contributed by atoms with E-state index in [0.29, 0.717) is 18.1 Å². The van der Waals surface area contributed by atoms with Crippen LogP contribution in [0.5, 0.6) is 0 Å². The Morgan fingerprint density at radius 2 is 1.90 bits per heavy atom. The number of aryl methyl sites for hydroxylation is 1. The molecule has 2 atom stereocenters. The van der Waals surface area contributed by atoms with E-state index in [1.807, 2.05) is 30.1 Å². The minimum Gasteiger partial charge on any atom is -0.339 e. The molecule has 0 aliphatic carbocycles. The van der Waals surface area contributed by atoms with E-state index in [1.165, 1.54) is 18.4 Å². The largest absolute Gasteiger partial charge is 0.339 e. The number of fused-ring (bicyclic) bond motifs is 2. The molecule has 5 heteroatoms. The van der Waals surface area contributed by atoms with Gasteiger partial charge in [-0.2, -0.15) is 0 Å². The average molecular weight is 421 g/mol. The maximum atomic E-state index is 12.6. The number of amides is 1. The highest BCUT2D eigenvalue weighted by Crippen LogP contribution is 2.30. The zero-order chi connectivity index (χ0) is 14.3. The lowest BCUT2D eigenvalue weighted by Gasteiger charge is -2.35. The number of halogens is 2. The second kappa shape index (κ2) is 6.84. The van der Waals surface area contributed by atoms with Gasteiger partial charge in [0.15, 0.2) is 0 Å². The number of carbonyl (C=O) groups is 1. The molecule has 1 N–H and O–H groups in total. The first-order chi connectivity index (χ1) is 9.54. The van der Waals surface area contributed by atoms with E-state index in [9.17, 15) is 4.79 Å². The fourth-order valence-electron chi connectivity index (χ4n) is 3.44. The van der Waals surface area contributed by atoms with Gasteiger partial charge >= 0.3 is 0 Å². The van der Waals surface area contributed by atoms with Gasteiger partial charge in [0, 0.05) is 34.3 Å². The molecule has 1 aromatic carbocycles. The van der Waals surface area contributed by atoms with Gasteiger partial charge in [0.05, 0.1) is 0 Å². The van der Waals surface area contributed by atoms with Crippen molar-refractivity contribution in [2.75, 3.05) is 7.05 Å². The summed E-state index contributed by atoms with van der Waals surface area (Å²) in [6.07, 6.45) is 4.74. The molecule has 2 heterocycles. The van der Waals surface area contributed by atoms with Crippen molar-refractivity contribution in [2.24, 2.45) is 0 Å². The summed E-state index contributed by atoms with van der Waals surface area (Å²) in [6.45, 7) is 2.07. The smallest absolute Gasteiger partial charge is 0.253 e. The molecule has 2 unspecified atom stereocenters. The van der Waals surface area contributed by atoms with Crippen LogP contribution in [0.15, 0.2) is 18.2 Å². The molecule has 2 aliphatic rings. The summed E-state index contributed by atoms with van der Waals surface area (Å²) < 4.78 is 1.16. The molecule has 3 nitrogen and oxygen atoms in total. The Kier molecular flexibility index (Phi) is 5.54. The van der Waals surface area contributed by atoms with Gasteiger partial charge < -0.3 is 10.2 Å². The predicted molar refractivity (Wildman–Crippen MR) is 96.2 cm³/mol. The Hall–Kier alpha value is -0.330. The van der Waals surface area contributed by atoms with Crippen molar-refractivity contribution < 1.29 is 4.79 Å². The lowest BCUT2D eigenvalue weighted by molar-refractivity contribution is 0.0681. The van der Waals surface area contributed by atoms with E-state index >= 15 is 0 Å². The number of hydrogen-bond donors (Lipinski definition) is 1. The summed E-state index contributed by atoms with van der Waals surface area (Å²) in [4.78, 5) is 14.6. The maximum Gasteiger partial charge on any atom is 0.253 e. The molecular formula is C16H22ClIN2O. The van der Waals surface area contributed by atoms with Crippen LogP contribution >= 0.6 is 35.0 Å². The normalized spacial score (nSPS) is 27.1. The summed E-state index contributed by atoms with van der Waals surface area (Å²) in [5.41, 5.74) is 2.04. The summed E-state index contributed by atoms with van der Waals surface area (Å²) >= 11 is 2.30. The molecule has 0 spiro atoms. The number of rotatable bonds is 2. The third-order valence-electron chi connectivity index (χ3n) is 4.74. The second-order valence-corrected chi connectivity index (χ2v) is 7.31. The van der Waals surface area contributed by atoms with Gasteiger partial charge in [-0.15, -0.1) is 12.4 Å². The number of hydrogen-bond acceptors (Lipinski definition) is 2. The second-order valence-electron chi connectivity index (χ2n) is 6.14. The Morgan fingerprint density at radius 3 is 2.48 bits per heavy atom. The number of benzene rings is 1. The van der Waals surface area contributed by atoms with Crippen molar-refractivity contribution in [1.29, 1.82) is 0 Å². The lowest BCUT2D eigenvalue weighted by Crippen LogP contribution is -2.48. The summed E-state index contributed by atoms with van der Waals surface area (Å²) in [5.74, 6) is 0.161. The van der Waals surface area contributed by atoms with Gasteiger partial charge in [0.1, 0.15) is 0 Å². The van der Waals surface area contributed by atoms with E-state index in [2.05, 4.69) is 34.8 Å². The first-order valence-corrected chi connectivity index (χ1v) is 8.42. The number of nitrogens with one attached hydrogen (secondary N) is 1. The molecule has 2 aliphatic heterocycles. The highest BCUT2D eigenvalue weighted by atomic mass is 127. The number of nitrogens with zero attached hydrogens (tertiary/aromatic N) is 1. The van der Waals surface area contributed by atoms with Gasteiger partial charge in [0.2, 0.25) is 0 Å². The van der Waals surface area contributed by atoms with Gasteiger partial charge in [-0.25, -0.2) is 0 Å². The van der Waals surface area contributed by atoms with Crippen molar-refractivity contribution in [3.8, 4) is 0 Å². The molecule has 0 aromatic heterocycles. The van der Waals surface area contributed by atoms with Crippen LogP contribution in [0.3, 0.4) is 0 Å². The van der Waals surface area contributed by atoms with E-state index in [4.69, 9.17) is 0 Å². The molecular weight excluding hydrogens is 399 g/mol. The van der Waals surface area contributed by atoms with E-state index < -0.39 is 0 Å². The number of carbonyl (C=O) groups excluding carboxylic acids is 1. The van der Waals surface area contributed by atoms with Crippen molar-refractivity contribution in [2.45, 2.75) is 50.7 Å². The van der Waals surface area contributed by atoms with Crippen LogP contribution in [0.25, 0.3) is 0 Å². The first-order valence-electron chi connectivity index (χ1n) is 7.34. The van der Waals surface area contributed by atoms with Crippen LogP contribution in [0.2, 0.25) is 0 Å². The quantitative estimate of drug-likeness (QED) is 0.744. The molecule has 0 radical (unpaired) electrons. The van der Waals surface area contributed by atoms with E-state index in [-0.39, 0.29) is 18.3 Å². The molecule has 2 bridgehead atoms. The molecule has 3 rings (SSSR count). The van der Waals surface area contributed by atoms with Crippen LogP contribution in [-0.4, -0.2) is 36.0 Å². The van der Waals surface area contributed by atoms with Crippen molar-refractivity contribution in [3.63, 3.8) is 0 Å². The highest BCUT2D eigenvalue weighted by Gasteiger charge is 2.36. The van der Waals surface area contributed by atoms with Crippen molar-refractivity contribution in [1.82, 2.24) is 10.2 Å².